The number of benzene rings is 2. The Labute approximate surface area is 124 Å². The first-order valence-corrected chi connectivity index (χ1v) is 7.12. The Hall–Kier alpha value is -2.33. The molecule has 0 unspecified atom stereocenters. The van der Waals surface area contributed by atoms with Gasteiger partial charge in [0.25, 0.3) is 0 Å². The summed E-state index contributed by atoms with van der Waals surface area (Å²) in [4.78, 5) is 24.7. The quantitative estimate of drug-likeness (QED) is 0.535. The van der Waals surface area contributed by atoms with E-state index in [9.17, 15) is 9.59 Å². The van der Waals surface area contributed by atoms with E-state index in [1.54, 1.807) is 6.07 Å². The van der Waals surface area contributed by atoms with Crippen LogP contribution in [0.1, 0.15) is 16.1 Å². The van der Waals surface area contributed by atoms with Crippen molar-refractivity contribution in [3.8, 4) is 11.3 Å². The SMILES string of the molecule is O=C1c2cccc3cccc(c23)-c2oc(=O)n(CCCl)c21. The molecule has 0 radical (unpaired) electrons. The number of alkyl halides is 1. The molecule has 0 saturated carbocycles. The highest BCUT2D eigenvalue weighted by atomic mass is 35.5. The van der Waals surface area contributed by atoms with Gasteiger partial charge in [-0.05, 0) is 5.39 Å². The number of ketones is 1. The average Bonchev–Trinajstić information content (AvgIpc) is 2.82. The summed E-state index contributed by atoms with van der Waals surface area (Å²) in [5.74, 6) is -0.145. The van der Waals surface area contributed by atoms with Crippen LogP contribution in [0.15, 0.2) is 45.6 Å². The Morgan fingerprint density at radius 3 is 2.48 bits per heavy atom. The molecule has 0 aliphatic heterocycles. The molecule has 1 heterocycles. The molecule has 3 aromatic rings. The number of halogens is 1. The van der Waals surface area contributed by atoms with Crippen LogP contribution in [0.3, 0.4) is 0 Å². The number of hydrogen-bond donors (Lipinski definition) is 0. The van der Waals surface area contributed by atoms with Gasteiger partial charge in [-0.2, -0.15) is 0 Å². The van der Waals surface area contributed by atoms with Crippen molar-refractivity contribution in [3.05, 3.63) is 58.2 Å². The third-order valence-corrected chi connectivity index (χ3v) is 3.98. The molecule has 104 valence electrons. The van der Waals surface area contributed by atoms with Crippen molar-refractivity contribution in [2.75, 3.05) is 5.88 Å². The summed E-state index contributed by atoms with van der Waals surface area (Å²) < 4.78 is 6.65. The molecule has 0 amide bonds. The van der Waals surface area contributed by atoms with Crippen molar-refractivity contribution in [2.24, 2.45) is 0 Å². The first kappa shape index (κ1) is 12.4. The fourth-order valence-electron chi connectivity index (χ4n) is 2.95. The standard InChI is InChI=1S/C16H10ClNO3/c17-7-8-18-13-14(19)10-5-1-3-9-4-2-6-11(12(9)10)15(13)21-16(18)20/h1-6H,7-8H2. The highest BCUT2D eigenvalue weighted by molar-refractivity contribution is 6.24. The monoisotopic (exact) mass is 299 g/mol. The Kier molecular flexibility index (Phi) is 2.56. The van der Waals surface area contributed by atoms with Crippen LogP contribution >= 0.6 is 11.6 Å². The van der Waals surface area contributed by atoms with Crippen molar-refractivity contribution >= 4 is 28.2 Å². The molecule has 0 fully saturated rings. The van der Waals surface area contributed by atoms with Gasteiger partial charge in [-0.15, -0.1) is 11.6 Å². The molecule has 2 aromatic carbocycles. The van der Waals surface area contributed by atoms with Crippen LogP contribution in [0.25, 0.3) is 22.1 Å². The third-order valence-electron chi connectivity index (χ3n) is 3.81. The predicted molar refractivity (Wildman–Crippen MR) is 80.1 cm³/mol. The van der Waals surface area contributed by atoms with Gasteiger partial charge < -0.3 is 4.42 Å². The molecular weight excluding hydrogens is 290 g/mol. The number of hydrogen-bond acceptors (Lipinski definition) is 3. The molecule has 0 N–H and O–H groups in total. The Morgan fingerprint density at radius 2 is 1.76 bits per heavy atom. The minimum Gasteiger partial charge on any atom is -0.407 e. The number of rotatable bonds is 2. The lowest BCUT2D eigenvalue weighted by Crippen LogP contribution is -2.22. The fourth-order valence-corrected chi connectivity index (χ4v) is 3.12. The highest BCUT2D eigenvalue weighted by Crippen LogP contribution is 2.38. The van der Waals surface area contributed by atoms with Gasteiger partial charge in [0, 0.05) is 28.9 Å². The van der Waals surface area contributed by atoms with E-state index in [0.717, 1.165) is 16.3 Å². The topological polar surface area (TPSA) is 52.2 Å². The van der Waals surface area contributed by atoms with Gasteiger partial charge >= 0.3 is 5.76 Å². The van der Waals surface area contributed by atoms with Gasteiger partial charge in [0.2, 0.25) is 5.78 Å². The summed E-state index contributed by atoms with van der Waals surface area (Å²) in [5, 5.41) is 1.79. The fraction of sp³-hybridized carbons (Fsp3) is 0.125. The molecule has 1 aliphatic carbocycles. The number of carbonyl (C=O) groups is 1. The van der Waals surface area contributed by atoms with Crippen LogP contribution in [-0.4, -0.2) is 16.2 Å². The maximum absolute atomic E-state index is 12.7. The van der Waals surface area contributed by atoms with Gasteiger partial charge in [-0.1, -0.05) is 36.4 Å². The summed E-state index contributed by atoms with van der Waals surface area (Å²) >= 11 is 5.72. The van der Waals surface area contributed by atoms with Crippen LogP contribution in [-0.2, 0) is 6.54 Å². The van der Waals surface area contributed by atoms with E-state index in [1.165, 1.54) is 4.57 Å². The molecule has 0 spiro atoms. The first-order chi connectivity index (χ1) is 10.2. The Bertz CT molecular complexity index is 947. The second-order valence-electron chi connectivity index (χ2n) is 4.92. The van der Waals surface area contributed by atoms with Gasteiger partial charge in [0.15, 0.2) is 5.76 Å². The van der Waals surface area contributed by atoms with Crippen molar-refractivity contribution in [1.82, 2.24) is 4.57 Å². The zero-order chi connectivity index (χ0) is 14.6. The van der Waals surface area contributed by atoms with E-state index in [1.807, 2.05) is 30.3 Å². The second-order valence-corrected chi connectivity index (χ2v) is 5.30. The first-order valence-electron chi connectivity index (χ1n) is 6.59. The summed E-state index contributed by atoms with van der Waals surface area (Å²) in [6.45, 7) is 0.253. The maximum Gasteiger partial charge on any atom is 0.420 e. The Balaban J connectivity index is 2.17. The van der Waals surface area contributed by atoms with Crippen molar-refractivity contribution < 1.29 is 9.21 Å². The second kappa shape index (κ2) is 4.33. The zero-order valence-electron chi connectivity index (χ0n) is 10.9. The van der Waals surface area contributed by atoms with Crippen LogP contribution in [0.2, 0.25) is 0 Å². The summed E-state index contributed by atoms with van der Waals surface area (Å²) in [7, 11) is 0. The average molecular weight is 300 g/mol. The lowest BCUT2D eigenvalue weighted by Gasteiger charge is -2.16. The van der Waals surface area contributed by atoms with E-state index >= 15 is 0 Å². The van der Waals surface area contributed by atoms with Crippen LogP contribution in [0.5, 0.6) is 0 Å². The molecular formula is C16H10ClNO3. The summed E-state index contributed by atoms with van der Waals surface area (Å²) in [6.07, 6.45) is 0. The van der Waals surface area contributed by atoms with Gasteiger partial charge in [-0.3, -0.25) is 9.36 Å². The molecule has 0 saturated heterocycles. The van der Waals surface area contributed by atoms with Crippen LogP contribution < -0.4 is 5.76 Å². The molecule has 4 rings (SSSR count). The van der Waals surface area contributed by atoms with Crippen molar-refractivity contribution in [3.63, 3.8) is 0 Å². The minimum absolute atomic E-state index is 0.190. The lowest BCUT2D eigenvalue weighted by atomic mass is 9.88. The number of carbonyl (C=O) groups excluding carboxylic acids is 1. The lowest BCUT2D eigenvalue weighted by molar-refractivity contribution is 0.103. The van der Waals surface area contributed by atoms with Crippen LogP contribution in [0.4, 0.5) is 0 Å². The van der Waals surface area contributed by atoms with E-state index in [4.69, 9.17) is 16.0 Å². The molecule has 0 atom stereocenters. The molecule has 5 heteroatoms. The largest absolute Gasteiger partial charge is 0.420 e. The van der Waals surface area contributed by atoms with Crippen LogP contribution in [0, 0.1) is 0 Å². The number of nitrogens with zero attached hydrogens (tertiary/aromatic N) is 1. The maximum atomic E-state index is 12.7. The van der Waals surface area contributed by atoms with E-state index in [2.05, 4.69) is 0 Å². The molecule has 0 bridgehead atoms. The molecule has 4 nitrogen and oxygen atoms in total. The summed E-state index contributed by atoms with van der Waals surface area (Å²) in [5.41, 5.74) is 1.68. The van der Waals surface area contributed by atoms with E-state index in [0.29, 0.717) is 17.0 Å². The number of oxazole rings is 1. The normalized spacial score (nSPS) is 12.7. The van der Waals surface area contributed by atoms with E-state index in [-0.39, 0.29) is 18.2 Å². The highest BCUT2D eigenvalue weighted by Gasteiger charge is 2.32. The summed E-state index contributed by atoms with van der Waals surface area (Å²) in [6, 6.07) is 11.3. The smallest absolute Gasteiger partial charge is 0.407 e. The third kappa shape index (κ3) is 1.56. The predicted octanol–water partition coefficient (Wildman–Crippen LogP) is 3.04. The molecule has 1 aliphatic rings. The van der Waals surface area contributed by atoms with Gasteiger partial charge in [0.05, 0.1) is 0 Å². The van der Waals surface area contributed by atoms with Crippen molar-refractivity contribution in [1.29, 1.82) is 0 Å². The molecule has 1 aromatic heterocycles. The number of aromatic nitrogens is 1. The number of fused-ring (bicyclic) bond motifs is 2. The van der Waals surface area contributed by atoms with Gasteiger partial charge in [-0.25, -0.2) is 4.79 Å². The zero-order valence-corrected chi connectivity index (χ0v) is 11.7. The van der Waals surface area contributed by atoms with Crippen molar-refractivity contribution in [2.45, 2.75) is 6.54 Å². The van der Waals surface area contributed by atoms with Gasteiger partial charge in [0.1, 0.15) is 5.69 Å². The van der Waals surface area contributed by atoms with E-state index < -0.39 is 5.76 Å². The Morgan fingerprint density at radius 1 is 1.05 bits per heavy atom. The molecule has 21 heavy (non-hydrogen) atoms. The minimum atomic E-state index is -0.543.